The average Bonchev–Trinajstić information content (AvgIpc) is 2.82. The van der Waals surface area contributed by atoms with Gasteiger partial charge in [-0.2, -0.15) is 0 Å². The van der Waals surface area contributed by atoms with Gasteiger partial charge in [0.15, 0.2) is 0 Å². The Morgan fingerprint density at radius 1 is 1.24 bits per heavy atom. The number of nitrogens with one attached hydrogen (secondary N) is 2. The molecule has 0 aliphatic carbocycles. The number of rotatable bonds is 4. The van der Waals surface area contributed by atoms with Crippen LogP contribution < -0.4 is 10.0 Å². The van der Waals surface area contributed by atoms with Crippen molar-refractivity contribution in [3.63, 3.8) is 0 Å². The number of aromatic nitrogens is 1. The zero-order chi connectivity index (χ0) is 15.5. The van der Waals surface area contributed by atoms with E-state index in [2.05, 4.69) is 10.5 Å². The Balaban J connectivity index is 1.96. The maximum atomic E-state index is 12.0. The molecule has 1 aromatic carbocycles. The van der Waals surface area contributed by atoms with Gasteiger partial charge in [0.1, 0.15) is 11.5 Å². The number of urea groups is 1. The van der Waals surface area contributed by atoms with Crippen molar-refractivity contribution in [1.29, 1.82) is 0 Å². The van der Waals surface area contributed by atoms with Crippen LogP contribution in [-0.2, 0) is 16.6 Å². The quantitative estimate of drug-likeness (QED) is 0.890. The average molecular weight is 309 g/mol. The lowest BCUT2D eigenvalue weighted by atomic mass is 10.2. The van der Waals surface area contributed by atoms with Crippen LogP contribution in [0.25, 0.3) is 0 Å². The second kappa shape index (κ2) is 5.96. The minimum atomic E-state index is -3.88. The van der Waals surface area contributed by atoms with Crippen LogP contribution in [0.3, 0.4) is 0 Å². The van der Waals surface area contributed by atoms with Crippen molar-refractivity contribution in [3.8, 4) is 0 Å². The van der Waals surface area contributed by atoms with Crippen molar-refractivity contribution >= 4 is 16.1 Å². The normalized spacial score (nSPS) is 11.1. The molecule has 2 rings (SSSR count). The van der Waals surface area contributed by atoms with E-state index in [1.165, 1.54) is 12.1 Å². The van der Waals surface area contributed by atoms with Crippen LogP contribution in [0.15, 0.2) is 39.8 Å². The van der Waals surface area contributed by atoms with Crippen molar-refractivity contribution in [1.82, 2.24) is 15.2 Å². The molecule has 1 aromatic heterocycles. The Bertz CT molecular complexity index is 735. The molecule has 0 radical (unpaired) electrons. The molecule has 0 saturated heterocycles. The number of hydrogen-bond acceptors (Lipinski definition) is 5. The predicted molar refractivity (Wildman–Crippen MR) is 75.0 cm³/mol. The number of hydrogen-bond donors (Lipinski definition) is 2. The summed E-state index contributed by atoms with van der Waals surface area (Å²) in [6, 6.07) is 7.01. The van der Waals surface area contributed by atoms with E-state index in [-0.39, 0.29) is 11.4 Å². The first kappa shape index (κ1) is 15.0. The summed E-state index contributed by atoms with van der Waals surface area (Å²) in [5, 5.41) is 6.08. The van der Waals surface area contributed by atoms with Crippen LogP contribution in [0.4, 0.5) is 4.79 Å². The summed E-state index contributed by atoms with van der Waals surface area (Å²) in [5.41, 5.74) is 1.44. The lowest BCUT2D eigenvalue weighted by Crippen LogP contribution is -2.39. The van der Waals surface area contributed by atoms with Gasteiger partial charge in [-0.1, -0.05) is 22.9 Å². The molecular formula is C13H15N3O4S. The Morgan fingerprint density at radius 3 is 2.48 bits per heavy atom. The van der Waals surface area contributed by atoms with E-state index in [0.717, 1.165) is 5.56 Å². The van der Waals surface area contributed by atoms with Gasteiger partial charge in [-0.25, -0.2) is 17.9 Å². The van der Waals surface area contributed by atoms with Gasteiger partial charge in [0.05, 0.1) is 11.4 Å². The number of sulfonamides is 1. The maximum absolute atomic E-state index is 12.0. The van der Waals surface area contributed by atoms with Crippen molar-refractivity contribution in [2.45, 2.75) is 25.3 Å². The highest BCUT2D eigenvalue weighted by Crippen LogP contribution is 2.09. The van der Waals surface area contributed by atoms with E-state index in [1.807, 2.05) is 11.6 Å². The number of benzene rings is 1. The zero-order valence-electron chi connectivity index (χ0n) is 11.6. The summed E-state index contributed by atoms with van der Waals surface area (Å²) in [6.07, 6.45) is 0. The van der Waals surface area contributed by atoms with E-state index in [9.17, 15) is 13.2 Å². The Labute approximate surface area is 122 Å². The van der Waals surface area contributed by atoms with Gasteiger partial charge in [0.2, 0.25) is 0 Å². The minimum Gasteiger partial charge on any atom is -0.361 e. The fourth-order valence-electron chi connectivity index (χ4n) is 1.61. The molecular weight excluding hydrogens is 294 g/mol. The van der Waals surface area contributed by atoms with Gasteiger partial charge in [-0.15, -0.1) is 0 Å². The number of carbonyl (C=O) groups excluding carboxylic acids is 1. The second-order valence-corrected chi connectivity index (χ2v) is 6.21. The fraction of sp³-hybridized carbons (Fsp3) is 0.231. The molecule has 7 nitrogen and oxygen atoms in total. The molecule has 0 aliphatic heterocycles. The van der Waals surface area contributed by atoms with Crippen LogP contribution >= 0.6 is 0 Å². The molecule has 112 valence electrons. The van der Waals surface area contributed by atoms with Crippen molar-refractivity contribution in [2.75, 3.05) is 0 Å². The molecule has 2 N–H and O–H groups in total. The minimum absolute atomic E-state index is 0.0283. The van der Waals surface area contributed by atoms with Crippen LogP contribution in [-0.4, -0.2) is 19.6 Å². The third kappa shape index (κ3) is 4.06. The Kier molecular flexibility index (Phi) is 4.27. The monoisotopic (exact) mass is 309 g/mol. The molecule has 0 unspecified atom stereocenters. The summed E-state index contributed by atoms with van der Waals surface area (Å²) in [7, 11) is -3.88. The van der Waals surface area contributed by atoms with Gasteiger partial charge in [-0.3, -0.25) is 0 Å². The first-order valence-corrected chi connectivity index (χ1v) is 7.64. The molecule has 0 atom stereocenters. The number of aryl methyl sites for hydroxylation is 2. The third-order valence-electron chi connectivity index (χ3n) is 2.67. The topological polar surface area (TPSA) is 101 Å². The highest BCUT2D eigenvalue weighted by Gasteiger charge is 2.17. The van der Waals surface area contributed by atoms with Crippen LogP contribution in [0, 0.1) is 13.8 Å². The molecule has 0 saturated carbocycles. The zero-order valence-corrected chi connectivity index (χ0v) is 12.4. The Hall–Kier alpha value is -2.35. The van der Waals surface area contributed by atoms with Gasteiger partial charge < -0.3 is 9.84 Å². The third-order valence-corrected chi connectivity index (χ3v) is 4.01. The van der Waals surface area contributed by atoms with Crippen molar-refractivity contribution in [3.05, 3.63) is 47.3 Å². The van der Waals surface area contributed by atoms with E-state index in [0.29, 0.717) is 11.5 Å². The Morgan fingerprint density at radius 2 is 1.90 bits per heavy atom. The molecule has 0 fully saturated rings. The fourth-order valence-corrected chi connectivity index (χ4v) is 2.54. The standard InChI is InChI=1S/C13H15N3O4S/c1-9-3-5-12(6-4-9)21(18,19)16-13(17)14-8-11-7-10(2)20-15-11/h3-7H,8H2,1-2H3,(H2,14,16,17). The summed E-state index contributed by atoms with van der Waals surface area (Å²) in [4.78, 5) is 11.6. The van der Waals surface area contributed by atoms with E-state index >= 15 is 0 Å². The smallest absolute Gasteiger partial charge is 0.329 e. The number of amides is 2. The highest BCUT2D eigenvalue weighted by atomic mass is 32.2. The van der Waals surface area contributed by atoms with Crippen molar-refractivity contribution < 1.29 is 17.7 Å². The summed E-state index contributed by atoms with van der Waals surface area (Å²) >= 11 is 0. The summed E-state index contributed by atoms with van der Waals surface area (Å²) in [5.74, 6) is 0.611. The molecule has 21 heavy (non-hydrogen) atoms. The second-order valence-electron chi connectivity index (χ2n) is 4.53. The van der Waals surface area contributed by atoms with Crippen LogP contribution in [0.2, 0.25) is 0 Å². The summed E-state index contributed by atoms with van der Waals surface area (Å²) < 4.78 is 30.7. The van der Waals surface area contributed by atoms with Gasteiger partial charge in [0.25, 0.3) is 10.0 Å². The first-order chi connectivity index (χ1) is 9.87. The van der Waals surface area contributed by atoms with E-state index in [1.54, 1.807) is 25.1 Å². The van der Waals surface area contributed by atoms with Gasteiger partial charge in [0, 0.05) is 6.07 Å². The van der Waals surface area contributed by atoms with E-state index in [4.69, 9.17) is 4.52 Å². The molecule has 0 bridgehead atoms. The molecule has 2 amide bonds. The molecule has 8 heteroatoms. The maximum Gasteiger partial charge on any atom is 0.329 e. The van der Waals surface area contributed by atoms with Crippen LogP contribution in [0.1, 0.15) is 17.0 Å². The lowest BCUT2D eigenvalue weighted by molar-refractivity contribution is 0.245. The predicted octanol–water partition coefficient (Wildman–Crippen LogP) is 1.48. The molecule has 0 spiro atoms. The van der Waals surface area contributed by atoms with Crippen molar-refractivity contribution in [2.24, 2.45) is 0 Å². The number of nitrogens with zero attached hydrogens (tertiary/aromatic N) is 1. The highest BCUT2D eigenvalue weighted by molar-refractivity contribution is 7.90. The molecule has 2 aromatic rings. The van der Waals surface area contributed by atoms with Gasteiger partial charge in [-0.05, 0) is 26.0 Å². The first-order valence-electron chi connectivity index (χ1n) is 6.16. The molecule has 0 aliphatic rings. The van der Waals surface area contributed by atoms with E-state index < -0.39 is 16.1 Å². The van der Waals surface area contributed by atoms with Crippen LogP contribution in [0.5, 0.6) is 0 Å². The SMILES string of the molecule is Cc1ccc(S(=O)(=O)NC(=O)NCc2cc(C)on2)cc1. The van der Waals surface area contributed by atoms with Gasteiger partial charge >= 0.3 is 6.03 Å². The summed E-state index contributed by atoms with van der Waals surface area (Å²) in [6.45, 7) is 3.64. The lowest BCUT2D eigenvalue weighted by Gasteiger charge is -2.07. The largest absolute Gasteiger partial charge is 0.361 e. The molecule has 1 heterocycles. The number of carbonyl (C=O) groups is 1.